The Bertz CT molecular complexity index is 978. The maximum atomic E-state index is 6.47. The third-order valence-corrected chi connectivity index (χ3v) is 4.31. The molecule has 5 heteroatoms. The number of ether oxygens (including phenoxy) is 1. The first-order chi connectivity index (χ1) is 12.3. The Hall–Kier alpha value is -3.18. The van der Waals surface area contributed by atoms with Crippen LogP contribution in [0, 0.1) is 0 Å². The van der Waals surface area contributed by atoms with Gasteiger partial charge in [-0.1, -0.05) is 6.07 Å². The van der Waals surface area contributed by atoms with E-state index in [1.54, 1.807) is 25.7 Å². The van der Waals surface area contributed by atoms with Crippen LogP contribution in [0.2, 0.25) is 0 Å². The largest absolute Gasteiger partial charge is 0.496 e. The zero-order chi connectivity index (χ0) is 17.2. The molecule has 4 aromatic rings. The van der Waals surface area contributed by atoms with Crippen molar-refractivity contribution in [1.82, 2.24) is 15.0 Å². The minimum atomic E-state index is -0.314. The van der Waals surface area contributed by atoms with Gasteiger partial charge in [-0.2, -0.15) is 0 Å². The molecule has 4 rings (SSSR count). The van der Waals surface area contributed by atoms with Crippen molar-refractivity contribution in [2.75, 3.05) is 7.11 Å². The summed E-state index contributed by atoms with van der Waals surface area (Å²) in [5.41, 5.74) is 12.3. The summed E-state index contributed by atoms with van der Waals surface area (Å²) >= 11 is 0. The number of nitrogens with one attached hydrogen (secondary N) is 1. The highest BCUT2D eigenvalue weighted by Gasteiger charge is 2.16. The van der Waals surface area contributed by atoms with Crippen molar-refractivity contribution in [2.24, 2.45) is 5.73 Å². The van der Waals surface area contributed by atoms with Gasteiger partial charge in [0.25, 0.3) is 0 Å². The SMILES string of the molecule is COc1ccc(-c2cc3ncccc3[nH]2)cc1C(N)c1cccnc1. The lowest BCUT2D eigenvalue weighted by molar-refractivity contribution is 0.408. The van der Waals surface area contributed by atoms with Crippen LogP contribution in [-0.2, 0) is 0 Å². The highest BCUT2D eigenvalue weighted by molar-refractivity contribution is 5.82. The molecule has 1 aromatic carbocycles. The first kappa shape index (κ1) is 15.4. The van der Waals surface area contributed by atoms with Crippen LogP contribution in [0.3, 0.4) is 0 Å². The van der Waals surface area contributed by atoms with Gasteiger partial charge in [-0.15, -0.1) is 0 Å². The van der Waals surface area contributed by atoms with Gasteiger partial charge in [0.15, 0.2) is 0 Å². The van der Waals surface area contributed by atoms with Crippen molar-refractivity contribution in [3.05, 3.63) is 78.2 Å². The van der Waals surface area contributed by atoms with Crippen molar-refractivity contribution in [1.29, 1.82) is 0 Å². The summed E-state index contributed by atoms with van der Waals surface area (Å²) in [6, 6.07) is 15.5. The van der Waals surface area contributed by atoms with E-state index >= 15 is 0 Å². The molecule has 0 bridgehead atoms. The standard InChI is InChI=1S/C20H18N4O/c1-25-19-7-6-13(17-11-18-16(24-17)5-3-9-23-18)10-15(19)20(21)14-4-2-8-22-12-14/h2-12,20,24H,21H2,1H3. The molecule has 0 saturated carbocycles. The van der Waals surface area contributed by atoms with Gasteiger partial charge in [0.1, 0.15) is 5.75 Å². The zero-order valence-corrected chi connectivity index (χ0v) is 13.8. The van der Waals surface area contributed by atoms with Gasteiger partial charge in [-0.05, 0) is 53.6 Å². The monoisotopic (exact) mass is 330 g/mol. The molecule has 0 radical (unpaired) electrons. The van der Waals surface area contributed by atoms with Crippen LogP contribution in [0.15, 0.2) is 67.1 Å². The van der Waals surface area contributed by atoms with Crippen LogP contribution < -0.4 is 10.5 Å². The van der Waals surface area contributed by atoms with E-state index in [4.69, 9.17) is 10.5 Å². The van der Waals surface area contributed by atoms with Crippen molar-refractivity contribution in [3.63, 3.8) is 0 Å². The lowest BCUT2D eigenvalue weighted by Gasteiger charge is -2.17. The molecule has 0 saturated heterocycles. The normalized spacial score (nSPS) is 12.2. The van der Waals surface area contributed by atoms with Crippen LogP contribution in [0.1, 0.15) is 17.2 Å². The number of aromatic nitrogens is 3. The average molecular weight is 330 g/mol. The number of nitrogens with zero attached hydrogens (tertiary/aromatic N) is 2. The fraction of sp³-hybridized carbons (Fsp3) is 0.100. The number of hydrogen-bond acceptors (Lipinski definition) is 4. The molecule has 3 heterocycles. The number of nitrogens with two attached hydrogens (primary N) is 1. The number of aromatic amines is 1. The highest BCUT2D eigenvalue weighted by Crippen LogP contribution is 2.33. The Kier molecular flexibility index (Phi) is 3.91. The van der Waals surface area contributed by atoms with E-state index in [0.29, 0.717) is 0 Å². The molecule has 5 nitrogen and oxygen atoms in total. The summed E-state index contributed by atoms with van der Waals surface area (Å²) in [6.45, 7) is 0. The van der Waals surface area contributed by atoms with Crippen molar-refractivity contribution in [3.8, 4) is 17.0 Å². The molecule has 124 valence electrons. The third kappa shape index (κ3) is 2.86. The summed E-state index contributed by atoms with van der Waals surface area (Å²) < 4.78 is 5.51. The Balaban J connectivity index is 1.80. The van der Waals surface area contributed by atoms with Gasteiger partial charge in [0, 0.05) is 29.8 Å². The summed E-state index contributed by atoms with van der Waals surface area (Å²) in [7, 11) is 1.65. The van der Waals surface area contributed by atoms with Crippen molar-refractivity contribution >= 4 is 11.0 Å². The lowest BCUT2D eigenvalue weighted by atomic mass is 9.97. The molecule has 0 aliphatic heterocycles. The molecule has 0 fully saturated rings. The smallest absolute Gasteiger partial charge is 0.124 e. The van der Waals surface area contributed by atoms with Gasteiger partial charge >= 0.3 is 0 Å². The Morgan fingerprint density at radius 1 is 1.08 bits per heavy atom. The van der Waals surface area contributed by atoms with Crippen molar-refractivity contribution in [2.45, 2.75) is 6.04 Å². The number of H-pyrrole nitrogens is 1. The minimum absolute atomic E-state index is 0.314. The van der Waals surface area contributed by atoms with Crippen LogP contribution in [0.5, 0.6) is 5.75 Å². The van der Waals surface area contributed by atoms with Crippen LogP contribution in [0.4, 0.5) is 0 Å². The van der Waals surface area contributed by atoms with E-state index < -0.39 is 0 Å². The quantitative estimate of drug-likeness (QED) is 0.598. The molecule has 0 aliphatic rings. The number of methoxy groups -OCH3 is 1. The first-order valence-corrected chi connectivity index (χ1v) is 8.04. The number of benzene rings is 1. The minimum Gasteiger partial charge on any atom is -0.496 e. The van der Waals surface area contributed by atoms with Crippen LogP contribution >= 0.6 is 0 Å². The predicted octanol–water partition coefficient (Wildman–Crippen LogP) is 3.68. The highest BCUT2D eigenvalue weighted by atomic mass is 16.5. The molecule has 1 atom stereocenters. The van der Waals surface area contributed by atoms with Gasteiger partial charge < -0.3 is 15.5 Å². The molecule has 0 aliphatic carbocycles. The van der Waals surface area contributed by atoms with Gasteiger partial charge in [0.05, 0.1) is 24.2 Å². The molecule has 25 heavy (non-hydrogen) atoms. The van der Waals surface area contributed by atoms with E-state index in [0.717, 1.165) is 39.2 Å². The average Bonchev–Trinajstić information content (AvgIpc) is 3.12. The van der Waals surface area contributed by atoms with Crippen molar-refractivity contribution < 1.29 is 4.74 Å². The molecule has 0 amide bonds. The number of rotatable bonds is 4. The number of pyridine rings is 2. The van der Waals surface area contributed by atoms with E-state index in [2.05, 4.69) is 21.0 Å². The van der Waals surface area contributed by atoms with Crippen LogP contribution in [0.25, 0.3) is 22.3 Å². The molecular weight excluding hydrogens is 312 g/mol. The Morgan fingerprint density at radius 3 is 2.72 bits per heavy atom. The second kappa shape index (κ2) is 6.37. The number of fused-ring (bicyclic) bond motifs is 1. The summed E-state index contributed by atoms with van der Waals surface area (Å²) in [4.78, 5) is 11.9. The Morgan fingerprint density at radius 2 is 1.96 bits per heavy atom. The first-order valence-electron chi connectivity index (χ1n) is 8.04. The molecule has 3 N–H and O–H groups in total. The molecule has 3 aromatic heterocycles. The fourth-order valence-corrected chi connectivity index (χ4v) is 3.00. The summed E-state index contributed by atoms with van der Waals surface area (Å²) in [6.07, 6.45) is 5.31. The second-order valence-electron chi connectivity index (χ2n) is 5.84. The van der Waals surface area contributed by atoms with Crippen LogP contribution in [-0.4, -0.2) is 22.1 Å². The van der Waals surface area contributed by atoms with E-state index in [-0.39, 0.29) is 6.04 Å². The second-order valence-corrected chi connectivity index (χ2v) is 5.84. The van der Waals surface area contributed by atoms with E-state index in [9.17, 15) is 0 Å². The maximum Gasteiger partial charge on any atom is 0.124 e. The summed E-state index contributed by atoms with van der Waals surface area (Å²) in [5.74, 6) is 0.759. The lowest BCUT2D eigenvalue weighted by Crippen LogP contribution is -2.13. The molecular formula is C20H18N4O. The molecule has 0 spiro atoms. The topological polar surface area (TPSA) is 76.8 Å². The van der Waals surface area contributed by atoms with Gasteiger partial charge in [-0.25, -0.2) is 0 Å². The zero-order valence-electron chi connectivity index (χ0n) is 13.8. The third-order valence-electron chi connectivity index (χ3n) is 4.31. The Labute approximate surface area is 145 Å². The van der Waals surface area contributed by atoms with E-state index in [1.165, 1.54) is 0 Å². The fourth-order valence-electron chi connectivity index (χ4n) is 3.00. The number of hydrogen-bond donors (Lipinski definition) is 2. The molecule has 1 unspecified atom stereocenters. The maximum absolute atomic E-state index is 6.47. The summed E-state index contributed by atoms with van der Waals surface area (Å²) in [5, 5.41) is 0. The van der Waals surface area contributed by atoms with Gasteiger partial charge in [0.2, 0.25) is 0 Å². The van der Waals surface area contributed by atoms with E-state index in [1.807, 2.05) is 42.5 Å². The van der Waals surface area contributed by atoms with Gasteiger partial charge in [-0.3, -0.25) is 9.97 Å². The predicted molar refractivity (Wildman–Crippen MR) is 98.3 cm³/mol.